The number of hydrogen-bond acceptors (Lipinski definition) is 3. The van der Waals surface area contributed by atoms with E-state index >= 15 is 0 Å². The van der Waals surface area contributed by atoms with Gasteiger partial charge in [-0.1, -0.05) is 17.7 Å². The van der Waals surface area contributed by atoms with Gasteiger partial charge < -0.3 is 5.32 Å². The molecule has 1 aromatic rings. The van der Waals surface area contributed by atoms with Crippen molar-refractivity contribution < 1.29 is 13.2 Å². The van der Waals surface area contributed by atoms with Crippen LogP contribution in [0.4, 0.5) is 0 Å². The maximum atomic E-state index is 12.3. The van der Waals surface area contributed by atoms with Crippen LogP contribution in [0, 0.1) is 6.92 Å². The van der Waals surface area contributed by atoms with Crippen LogP contribution in [-0.2, 0) is 14.8 Å². The molecule has 1 aromatic carbocycles. The van der Waals surface area contributed by atoms with Crippen molar-refractivity contribution in [2.24, 2.45) is 0 Å². The van der Waals surface area contributed by atoms with Crippen molar-refractivity contribution in [1.82, 2.24) is 10.0 Å². The van der Waals surface area contributed by atoms with Gasteiger partial charge in [0.25, 0.3) is 0 Å². The lowest BCUT2D eigenvalue weighted by molar-refractivity contribution is -0.122. The predicted molar refractivity (Wildman–Crippen MR) is 72.5 cm³/mol. The molecule has 1 heterocycles. The summed E-state index contributed by atoms with van der Waals surface area (Å²) in [6, 6.07) is 4.50. The van der Waals surface area contributed by atoms with Crippen molar-refractivity contribution in [1.29, 1.82) is 0 Å². The van der Waals surface area contributed by atoms with Gasteiger partial charge in [-0.2, -0.15) is 0 Å². The van der Waals surface area contributed by atoms with Gasteiger partial charge >= 0.3 is 0 Å². The number of hydrogen-bond donors (Lipinski definition) is 2. The van der Waals surface area contributed by atoms with E-state index in [0.29, 0.717) is 30.0 Å². The van der Waals surface area contributed by atoms with Gasteiger partial charge in [-0.05, 0) is 31.0 Å². The molecule has 104 valence electrons. The van der Waals surface area contributed by atoms with Crippen LogP contribution in [-0.4, -0.2) is 26.9 Å². The summed E-state index contributed by atoms with van der Waals surface area (Å²) in [7, 11) is -3.62. The summed E-state index contributed by atoms with van der Waals surface area (Å²) < 4.78 is 27.1. The van der Waals surface area contributed by atoms with E-state index in [1.807, 2.05) is 0 Å². The van der Waals surface area contributed by atoms with E-state index in [1.54, 1.807) is 19.1 Å². The highest BCUT2D eigenvalue weighted by Gasteiger charge is 2.25. The molecular formula is C12H15ClN2O3S. The molecular weight excluding hydrogens is 288 g/mol. The minimum Gasteiger partial charge on any atom is -0.355 e. The summed E-state index contributed by atoms with van der Waals surface area (Å²) in [6.45, 7) is 1.98. The van der Waals surface area contributed by atoms with Crippen molar-refractivity contribution in [3.8, 4) is 0 Å². The van der Waals surface area contributed by atoms with E-state index in [0.717, 1.165) is 0 Å². The predicted octanol–water partition coefficient (Wildman–Crippen LogP) is 1.21. The molecule has 0 radical (unpaired) electrons. The van der Waals surface area contributed by atoms with Crippen LogP contribution in [0.25, 0.3) is 0 Å². The second-order valence-electron chi connectivity index (χ2n) is 4.52. The topological polar surface area (TPSA) is 75.3 Å². The maximum Gasteiger partial charge on any atom is 0.241 e. The summed E-state index contributed by atoms with van der Waals surface area (Å²) >= 11 is 5.93. The zero-order chi connectivity index (χ0) is 14.0. The molecule has 0 bridgehead atoms. The van der Waals surface area contributed by atoms with Crippen LogP contribution in [0.1, 0.15) is 18.4 Å². The van der Waals surface area contributed by atoms with Gasteiger partial charge in [0.15, 0.2) is 0 Å². The fourth-order valence-corrected chi connectivity index (χ4v) is 3.76. The number of carbonyl (C=O) groups is 1. The third kappa shape index (κ3) is 3.26. The lowest BCUT2D eigenvalue weighted by atomic mass is 10.1. The van der Waals surface area contributed by atoms with Crippen molar-refractivity contribution >= 4 is 27.5 Å². The number of amides is 1. The number of carbonyl (C=O) groups excluding carboxylic acids is 1. The van der Waals surface area contributed by atoms with Crippen LogP contribution in [0.3, 0.4) is 0 Å². The zero-order valence-corrected chi connectivity index (χ0v) is 12.0. The molecule has 1 aliphatic heterocycles. The van der Waals surface area contributed by atoms with Gasteiger partial charge in [-0.25, -0.2) is 13.1 Å². The number of halogens is 1. The number of benzene rings is 1. The molecule has 19 heavy (non-hydrogen) atoms. The Kier molecular flexibility index (Phi) is 4.13. The van der Waals surface area contributed by atoms with Crippen molar-refractivity contribution in [2.75, 3.05) is 6.54 Å². The smallest absolute Gasteiger partial charge is 0.241 e. The zero-order valence-electron chi connectivity index (χ0n) is 10.4. The molecule has 2 rings (SSSR count). The molecule has 1 unspecified atom stereocenters. The largest absolute Gasteiger partial charge is 0.355 e. The Balaban J connectivity index is 2.19. The SMILES string of the molecule is Cc1c(Cl)cccc1S(=O)(=O)NC1CCC(=O)NC1. The van der Waals surface area contributed by atoms with E-state index in [9.17, 15) is 13.2 Å². The van der Waals surface area contributed by atoms with E-state index in [2.05, 4.69) is 10.0 Å². The molecule has 1 aliphatic rings. The van der Waals surface area contributed by atoms with Gasteiger partial charge in [0.2, 0.25) is 15.9 Å². The molecule has 7 heteroatoms. The average molecular weight is 303 g/mol. The molecule has 1 fully saturated rings. The molecule has 5 nitrogen and oxygen atoms in total. The minimum atomic E-state index is -3.62. The summed E-state index contributed by atoms with van der Waals surface area (Å²) in [6.07, 6.45) is 0.840. The fraction of sp³-hybridized carbons (Fsp3) is 0.417. The first-order chi connectivity index (χ1) is 8.90. The molecule has 0 saturated carbocycles. The molecule has 1 saturated heterocycles. The monoisotopic (exact) mass is 302 g/mol. The molecule has 1 amide bonds. The Morgan fingerprint density at radius 1 is 1.42 bits per heavy atom. The standard InChI is InChI=1S/C12H15ClN2O3S/c1-8-10(13)3-2-4-11(8)19(17,18)15-9-5-6-12(16)14-7-9/h2-4,9,15H,5-7H2,1H3,(H,14,16). The second kappa shape index (κ2) is 5.48. The van der Waals surface area contributed by atoms with Gasteiger partial charge in [0.05, 0.1) is 4.90 Å². The minimum absolute atomic E-state index is 0.0469. The van der Waals surface area contributed by atoms with Crippen LogP contribution in [0.2, 0.25) is 5.02 Å². The van der Waals surface area contributed by atoms with Crippen LogP contribution >= 0.6 is 11.6 Å². The summed E-state index contributed by atoms with van der Waals surface area (Å²) in [5, 5.41) is 3.06. The quantitative estimate of drug-likeness (QED) is 0.881. The molecule has 1 atom stereocenters. The van der Waals surface area contributed by atoms with Crippen molar-refractivity contribution in [3.63, 3.8) is 0 Å². The molecule has 0 spiro atoms. The summed E-state index contributed by atoms with van der Waals surface area (Å²) in [5.41, 5.74) is 0.525. The van der Waals surface area contributed by atoms with E-state index < -0.39 is 10.0 Å². The van der Waals surface area contributed by atoms with Gasteiger partial charge in [-0.15, -0.1) is 0 Å². The third-order valence-electron chi connectivity index (χ3n) is 3.09. The Hall–Kier alpha value is -1.11. The molecule has 0 aliphatic carbocycles. The van der Waals surface area contributed by atoms with Gasteiger partial charge in [0.1, 0.15) is 0 Å². The molecule has 2 N–H and O–H groups in total. The lowest BCUT2D eigenvalue weighted by Crippen LogP contribution is -2.47. The van der Waals surface area contributed by atoms with E-state index in [-0.39, 0.29) is 16.8 Å². The summed E-state index contributed by atoms with van der Waals surface area (Å²) in [4.78, 5) is 11.2. The van der Waals surface area contributed by atoms with Crippen molar-refractivity contribution in [3.05, 3.63) is 28.8 Å². The number of nitrogens with one attached hydrogen (secondary N) is 2. The highest BCUT2D eigenvalue weighted by atomic mass is 35.5. The lowest BCUT2D eigenvalue weighted by Gasteiger charge is -2.23. The fourth-order valence-electron chi connectivity index (χ4n) is 2.00. The summed E-state index contributed by atoms with van der Waals surface area (Å²) in [5.74, 6) is -0.0469. The third-order valence-corrected chi connectivity index (χ3v) is 5.17. The molecule has 0 aromatic heterocycles. The Labute approximate surface area is 117 Å². The Morgan fingerprint density at radius 2 is 2.16 bits per heavy atom. The van der Waals surface area contributed by atoms with E-state index in [1.165, 1.54) is 6.07 Å². The maximum absolute atomic E-state index is 12.3. The highest BCUT2D eigenvalue weighted by Crippen LogP contribution is 2.23. The van der Waals surface area contributed by atoms with E-state index in [4.69, 9.17) is 11.6 Å². The van der Waals surface area contributed by atoms with Crippen LogP contribution in [0.15, 0.2) is 23.1 Å². The number of piperidine rings is 1. The highest BCUT2D eigenvalue weighted by molar-refractivity contribution is 7.89. The second-order valence-corrected chi connectivity index (χ2v) is 6.61. The normalized spacial score (nSPS) is 20.1. The first-order valence-corrected chi connectivity index (χ1v) is 7.80. The van der Waals surface area contributed by atoms with Gasteiger partial charge in [0, 0.05) is 24.0 Å². The first kappa shape index (κ1) is 14.3. The van der Waals surface area contributed by atoms with Crippen LogP contribution < -0.4 is 10.0 Å². The van der Waals surface area contributed by atoms with Crippen LogP contribution in [0.5, 0.6) is 0 Å². The average Bonchev–Trinajstić information content (AvgIpc) is 2.35. The first-order valence-electron chi connectivity index (χ1n) is 5.94. The Morgan fingerprint density at radius 3 is 2.79 bits per heavy atom. The number of rotatable bonds is 3. The van der Waals surface area contributed by atoms with Crippen molar-refractivity contribution in [2.45, 2.75) is 30.7 Å². The Bertz CT molecular complexity index is 591. The number of sulfonamides is 1. The van der Waals surface area contributed by atoms with Gasteiger partial charge in [-0.3, -0.25) is 4.79 Å².